The van der Waals surface area contributed by atoms with Crippen LogP contribution in [0.3, 0.4) is 0 Å². The van der Waals surface area contributed by atoms with Gasteiger partial charge in [-0.2, -0.15) is 0 Å². The van der Waals surface area contributed by atoms with Gasteiger partial charge in [-0.1, -0.05) is 227 Å². The molecule has 0 spiro atoms. The van der Waals surface area contributed by atoms with Gasteiger partial charge in [0, 0.05) is 6.42 Å². The normalized spacial score (nSPS) is 24.9. The first-order valence-corrected chi connectivity index (χ1v) is 31.5. The number of hydrogen-bond donors (Lipinski definition) is 9. The third-order valence-electron chi connectivity index (χ3n) is 14.8. The van der Waals surface area contributed by atoms with Crippen molar-refractivity contribution in [2.45, 2.75) is 293 Å². The highest BCUT2D eigenvalue weighted by molar-refractivity contribution is 5.76. The highest BCUT2D eigenvalue weighted by Crippen LogP contribution is 2.30. The van der Waals surface area contributed by atoms with Crippen LogP contribution in [0.5, 0.6) is 0 Å². The van der Waals surface area contributed by atoms with Crippen LogP contribution in [0.2, 0.25) is 0 Å². The molecule has 14 nitrogen and oxygen atoms in total. The Morgan fingerprint density at radius 3 is 1.38 bits per heavy atom. The maximum Gasteiger partial charge on any atom is 0.220 e. The molecule has 0 aliphatic carbocycles. The van der Waals surface area contributed by atoms with Gasteiger partial charge in [0.25, 0.3) is 0 Å². The van der Waals surface area contributed by atoms with E-state index in [1.807, 2.05) is 6.08 Å². The predicted molar refractivity (Wildman–Crippen MR) is 323 cm³/mol. The van der Waals surface area contributed by atoms with E-state index >= 15 is 0 Å². The third-order valence-corrected chi connectivity index (χ3v) is 14.8. The number of hydrogen-bond acceptors (Lipinski definition) is 13. The molecule has 9 N–H and O–H groups in total. The van der Waals surface area contributed by atoms with Crippen LogP contribution in [0.15, 0.2) is 97.2 Å². The molecule has 14 heteroatoms. The molecule has 2 rings (SSSR count). The summed E-state index contributed by atoms with van der Waals surface area (Å²) in [5, 5.41) is 87.2. The number of ether oxygens (including phenoxy) is 4. The second-order valence-corrected chi connectivity index (χ2v) is 21.8. The summed E-state index contributed by atoms with van der Waals surface area (Å²) in [5.74, 6) is -0.294. The van der Waals surface area contributed by atoms with Crippen molar-refractivity contribution in [2.75, 3.05) is 19.8 Å². The molecule has 2 aliphatic rings. The molecule has 460 valence electrons. The van der Waals surface area contributed by atoms with Gasteiger partial charge < -0.3 is 65.1 Å². The number of nitrogens with one attached hydrogen (secondary N) is 1. The summed E-state index contributed by atoms with van der Waals surface area (Å²) in [4.78, 5) is 13.3. The van der Waals surface area contributed by atoms with E-state index in [-0.39, 0.29) is 18.9 Å². The summed E-state index contributed by atoms with van der Waals surface area (Å²) in [6.45, 7) is 2.64. The van der Waals surface area contributed by atoms with Crippen LogP contribution in [0, 0.1) is 0 Å². The molecule has 2 fully saturated rings. The van der Waals surface area contributed by atoms with Crippen LogP contribution in [0.4, 0.5) is 0 Å². The number of allylic oxidation sites excluding steroid dienone is 15. The lowest BCUT2D eigenvalue weighted by Gasteiger charge is -2.46. The molecule has 0 radical (unpaired) electrons. The molecule has 80 heavy (non-hydrogen) atoms. The molecule has 2 aliphatic heterocycles. The Morgan fingerprint density at radius 1 is 0.463 bits per heavy atom. The number of aliphatic hydroxyl groups is 8. The minimum atomic E-state index is -1.80. The molecule has 1 amide bonds. The first kappa shape index (κ1) is 73.0. The number of carbonyl (C=O) groups excluding carboxylic acids is 1. The Balaban J connectivity index is 1.79. The van der Waals surface area contributed by atoms with Crippen molar-refractivity contribution in [3.05, 3.63) is 97.2 Å². The van der Waals surface area contributed by atoms with E-state index in [9.17, 15) is 45.6 Å². The molecule has 0 saturated carbocycles. The number of rotatable bonds is 49. The van der Waals surface area contributed by atoms with Crippen molar-refractivity contribution in [1.82, 2.24) is 5.32 Å². The summed E-state index contributed by atoms with van der Waals surface area (Å²) in [5.41, 5.74) is 0. The summed E-state index contributed by atoms with van der Waals surface area (Å²) in [6.07, 6.45) is 53.1. The van der Waals surface area contributed by atoms with Crippen molar-refractivity contribution >= 4 is 5.91 Å². The monoisotopic (exact) mass is 1130 g/mol. The van der Waals surface area contributed by atoms with Crippen LogP contribution in [0.25, 0.3) is 0 Å². The third kappa shape index (κ3) is 35.1. The van der Waals surface area contributed by atoms with Gasteiger partial charge in [0.15, 0.2) is 12.6 Å². The van der Waals surface area contributed by atoms with Crippen molar-refractivity contribution in [2.24, 2.45) is 0 Å². The van der Waals surface area contributed by atoms with Crippen LogP contribution in [-0.2, 0) is 23.7 Å². The highest BCUT2D eigenvalue weighted by Gasteiger charge is 2.51. The fourth-order valence-electron chi connectivity index (χ4n) is 9.72. The standard InChI is InChI=1S/C66H113NO13/c1-3-5-7-9-11-13-15-17-19-21-23-25-26-27-28-30-31-33-35-37-39-41-43-45-47-49-55(70)54(53-77-65-63(76)61(74)64(57(52-69)79-65)80-66-62(75)60(73)59(72)56(51-68)78-66)67-58(71)50-48-46-44-42-40-38-36-34-32-29-24-22-20-18-16-14-12-10-8-6-4-2/h6,8,12,14,18,20,24,29,34,36,39-42,47,49,54-57,59-66,68-70,72-76H,3-5,7,9-11,13,15-17,19,21-23,25-28,30-33,35,37-38,43-46,48,50-53H2,1-2H3,(H,67,71)/b8-6-,14-12-,20-18-,29-24-,36-34-,41-39+,42-40-,49-47+. The lowest BCUT2D eigenvalue weighted by atomic mass is 9.97. The summed E-state index contributed by atoms with van der Waals surface area (Å²) >= 11 is 0. The quantitative estimate of drug-likeness (QED) is 0.0204. The maximum absolute atomic E-state index is 13.3. The first-order valence-electron chi connectivity index (χ1n) is 31.5. The lowest BCUT2D eigenvalue weighted by molar-refractivity contribution is -0.359. The van der Waals surface area contributed by atoms with Gasteiger partial charge in [0.05, 0.1) is 32.0 Å². The molecular formula is C66H113NO13. The fraction of sp³-hybridized carbons (Fsp3) is 0.742. The Hall–Kier alpha value is -3.09. The molecule has 12 atom stereocenters. The largest absolute Gasteiger partial charge is 0.394 e. The molecular weight excluding hydrogens is 1010 g/mol. The van der Waals surface area contributed by atoms with Gasteiger partial charge in [-0.25, -0.2) is 0 Å². The zero-order valence-corrected chi connectivity index (χ0v) is 49.5. The zero-order chi connectivity index (χ0) is 58.1. The van der Waals surface area contributed by atoms with Crippen LogP contribution in [-0.4, -0.2) is 140 Å². The van der Waals surface area contributed by atoms with Crippen molar-refractivity contribution in [3.63, 3.8) is 0 Å². The lowest BCUT2D eigenvalue weighted by Crippen LogP contribution is -2.65. The summed E-state index contributed by atoms with van der Waals surface area (Å²) < 4.78 is 22.8. The molecule has 12 unspecified atom stereocenters. The molecule has 0 aromatic rings. The summed E-state index contributed by atoms with van der Waals surface area (Å²) in [6, 6.07) is -0.962. The van der Waals surface area contributed by atoms with Gasteiger partial charge in [-0.3, -0.25) is 4.79 Å². The minimum Gasteiger partial charge on any atom is -0.394 e. The number of aliphatic hydroxyl groups excluding tert-OH is 8. The second kappa shape index (κ2) is 50.4. The maximum atomic E-state index is 13.3. The smallest absolute Gasteiger partial charge is 0.220 e. The van der Waals surface area contributed by atoms with Gasteiger partial charge in [0.2, 0.25) is 5.91 Å². The number of unbranched alkanes of at least 4 members (excludes halogenated alkanes) is 22. The second-order valence-electron chi connectivity index (χ2n) is 21.8. The van der Waals surface area contributed by atoms with E-state index in [4.69, 9.17) is 18.9 Å². The topological polar surface area (TPSA) is 228 Å². The Bertz CT molecular complexity index is 1710. The fourth-order valence-corrected chi connectivity index (χ4v) is 9.72. The molecule has 2 saturated heterocycles. The van der Waals surface area contributed by atoms with E-state index in [1.54, 1.807) is 6.08 Å². The van der Waals surface area contributed by atoms with Gasteiger partial charge >= 0.3 is 0 Å². The highest BCUT2D eigenvalue weighted by atomic mass is 16.7. The van der Waals surface area contributed by atoms with E-state index in [1.165, 1.54) is 122 Å². The van der Waals surface area contributed by atoms with Crippen LogP contribution >= 0.6 is 0 Å². The molecule has 2 heterocycles. The van der Waals surface area contributed by atoms with Gasteiger partial charge in [0.1, 0.15) is 48.8 Å². The van der Waals surface area contributed by atoms with Crippen molar-refractivity contribution in [1.29, 1.82) is 0 Å². The van der Waals surface area contributed by atoms with Gasteiger partial charge in [-0.15, -0.1) is 0 Å². The molecule has 0 bridgehead atoms. The predicted octanol–water partition coefficient (Wildman–Crippen LogP) is 11.4. The Kier molecular flexibility index (Phi) is 46.0. The average Bonchev–Trinajstić information content (AvgIpc) is 3.46. The Labute approximate surface area is 483 Å². The first-order chi connectivity index (χ1) is 39.1. The summed E-state index contributed by atoms with van der Waals surface area (Å²) in [7, 11) is 0. The van der Waals surface area contributed by atoms with E-state index in [2.05, 4.69) is 104 Å². The van der Waals surface area contributed by atoms with Crippen molar-refractivity contribution < 1.29 is 64.6 Å². The van der Waals surface area contributed by atoms with E-state index < -0.39 is 86.8 Å². The zero-order valence-electron chi connectivity index (χ0n) is 49.5. The Morgan fingerprint density at radius 2 is 0.875 bits per heavy atom. The number of carbonyl (C=O) groups is 1. The van der Waals surface area contributed by atoms with E-state index in [0.717, 1.165) is 64.2 Å². The van der Waals surface area contributed by atoms with E-state index in [0.29, 0.717) is 12.8 Å². The SMILES string of the molecule is CC/C=C\C/C=C\C/C=C\C/C=C\C/C=C\C/C=C\CCCCC(=O)NC(COC1OC(CO)C(OC2OC(CO)C(O)C(O)C2O)C(O)C1O)C(O)/C=C/CC/C=C/CCCCCCCCCCCCCCCCCCCCC. The van der Waals surface area contributed by atoms with Crippen LogP contribution in [0.1, 0.15) is 219 Å². The molecule has 0 aromatic carbocycles. The average molecular weight is 1130 g/mol. The number of amides is 1. The van der Waals surface area contributed by atoms with Gasteiger partial charge in [-0.05, 0) is 83.5 Å². The van der Waals surface area contributed by atoms with Crippen molar-refractivity contribution in [3.8, 4) is 0 Å². The minimum absolute atomic E-state index is 0.213. The molecule has 0 aromatic heterocycles. The van der Waals surface area contributed by atoms with Crippen LogP contribution < -0.4 is 5.32 Å².